The van der Waals surface area contributed by atoms with Crippen LogP contribution in [0.3, 0.4) is 0 Å². The number of carbonyl (C=O) groups excluding carboxylic acids is 1. The summed E-state index contributed by atoms with van der Waals surface area (Å²) in [6.45, 7) is -0.237. The van der Waals surface area contributed by atoms with Crippen LogP contribution in [0, 0.1) is 5.82 Å². The number of benzene rings is 4. The van der Waals surface area contributed by atoms with Crippen molar-refractivity contribution in [1.29, 1.82) is 0 Å². The highest BCUT2D eigenvalue weighted by Crippen LogP contribution is 2.47. The molecule has 4 aromatic rings. The van der Waals surface area contributed by atoms with Crippen molar-refractivity contribution in [3.8, 4) is 33.8 Å². The predicted molar refractivity (Wildman–Crippen MR) is 144 cm³/mol. The van der Waals surface area contributed by atoms with E-state index in [0.29, 0.717) is 17.7 Å². The smallest absolute Gasteiger partial charge is 0.341 e. The molecule has 0 fully saturated rings. The molecule has 0 unspecified atom stereocenters. The highest BCUT2D eigenvalue weighted by molar-refractivity contribution is 6.03. The van der Waals surface area contributed by atoms with E-state index < -0.39 is 24.3 Å². The number of amides is 1. The molecule has 7 heteroatoms. The molecule has 0 aliphatic heterocycles. The fraction of sp³-hybridized carbons (Fsp3) is 0.161. The van der Waals surface area contributed by atoms with Crippen molar-refractivity contribution in [2.75, 3.05) is 20.3 Å². The molecule has 6 nitrogen and oxygen atoms in total. The SMILES string of the molecule is COc1c(C(=O)NCCCc2ccccc2)cc(-c2ccccc2F)c(OCC(=O)O)c1-c1ccccc1. The van der Waals surface area contributed by atoms with Gasteiger partial charge in [-0.1, -0.05) is 78.9 Å². The topological polar surface area (TPSA) is 84.9 Å². The number of hydrogen-bond acceptors (Lipinski definition) is 4. The Hall–Kier alpha value is -4.65. The zero-order chi connectivity index (χ0) is 26.9. The summed E-state index contributed by atoms with van der Waals surface area (Å²) in [5.41, 5.74) is 2.77. The Labute approximate surface area is 220 Å². The summed E-state index contributed by atoms with van der Waals surface area (Å²) < 4.78 is 26.5. The molecule has 38 heavy (non-hydrogen) atoms. The normalized spacial score (nSPS) is 10.6. The molecule has 0 aromatic heterocycles. The van der Waals surface area contributed by atoms with Crippen molar-refractivity contribution >= 4 is 11.9 Å². The fourth-order valence-corrected chi connectivity index (χ4v) is 4.29. The summed E-state index contributed by atoms with van der Waals surface area (Å²) in [7, 11) is 1.43. The van der Waals surface area contributed by atoms with Gasteiger partial charge in [0.15, 0.2) is 6.61 Å². The van der Waals surface area contributed by atoms with Gasteiger partial charge in [-0.15, -0.1) is 0 Å². The van der Waals surface area contributed by atoms with Crippen molar-refractivity contribution in [2.45, 2.75) is 12.8 Å². The molecule has 0 spiro atoms. The number of halogens is 1. The van der Waals surface area contributed by atoms with Crippen LogP contribution < -0.4 is 14.8 Å². The molecular formula is C31H28FNO5. The summed E-state index contributed by atoms with van der Waals surface area (Å²) >= 11 is 0. The Morgan fingerprint density at radius 3 is 2.18 bits per heavy atom. The van der Waals surface area contributed by atoms with Gasteiger partial charge in [0.25, 0.3) is 5.91 Å². The number of carbonyl (C=O) groups is 2. The molecule has 1 amide bonds. The van der Waals surface area contributed by atoms with Gasteiger partial charge in [-0.3, -0.25) is 4.79 Å². The second kappa shape index (κ2) is 12.5. The highest BCUT2D eigenvalue weighted by Gasteiger charge is 2.27. The Bertz CT molecular complexity index is 1410. The largest absolute Gasteiger partial charge is 0.495 e. The average Bonchev–Trinajstić information content (AvgIpc) is 2.94. The average molecular weight is 514 g/mol. The van der Waals surface area contributed by atoms with Crippen LogP contribution >= 0.6 is 0 Å². The molecule has 0 saturated heterocycles. The second-order valence-corrected chi connectivity index (χ2v) is 8.58. The first-order chi connectivity index (χ1) is 18.5. The number of nitrogens with one attached hydrogen (secondary N) is 1. The van der Waals surface area contributed by atoms with Crippen molar-refractivity contribution < 1.29 is 28.6 Å². The lowest BCUT2D eigenvalue weighted by Crippen LogP contribution is -2.25. The lowest BCUT2D eigenvalue weighted by atomic mass is 9.92. The van der Waals surface area contributed by atoms with Gasteiger partial charge in [0.2, 0.25) is 0 Å². The van der Waals surface area contributed by atoms with Crippen molar-refractivity contribution in [2.24, 2.45) is 0 Å². The Morgan fingerprint density at radius 1 is 0.868 bits per heavy atom. The molecule has 0 bridgehead atoms. The van der Waals surface area contributed by atoms with Crippen LogP contribution in [0.5, 0.6) is 11.5 Å². The van der Waals surface area contributed by atoms with E-state index in [0.717, 1.165) is 12.8 Å². The lowest BCUT2D eigenvalue weighted by molar-refractivity contribution is -0.139. The van der Waals surface area contributed by atoms with Crippen LogP contribution in [0.4, 0.5) is 4.39 Å². The van der Waals surface area contributed by atoms with Crippen LogP contribution in [0.2, 0.25) is 0 Å². The summed E-state index contributed by atoms with van der Waals surface area (Å²) in [6, 6.07) is 26.5. The van der Waals surface area contributed by atoms with Gasteiger partial charge in [0, 0.05) is 17.7 Å². The molecule has 0 atom stereocenters. The first-order valence-electron chi connectivity index (χ1n) is 12.2. The zero-order valence-electron chi connectivity index (χ0n) is 20.9. The standard InChI is InChI=1S/C31H28FNO5/c1-37-29-25(31(36)33-18-10-13-21-11-4-2-5-12-21)19-24(23-16-8-9-17-26(23)32)30(38-20-27(34)35)28(29)22-14-6-3-7-15-22/h2-9,11-12,14-17,19H,10,13,18,20H2,1H3,(H,33,36)(H,34,35). The quantitative estimate of drug-likeness (QED) is 0.241. The van der Waals surface area contributed by atoms with Crippen LogP contribution in [-0.4, -0.2) is 37.2 Å². The number of carboxylic acid groups (broad SMARTS) is 1. The molecule has 2 N–H and O–H groups in total. The van der Waals surface area contributed by atoms with Crippen molar-refractivity contribution in [3.05, 3.63) is 108 Å². The van der Waals surface area contributed by atoms with Gasteiger partial charge in [0.05, 0.1) is 18.2 Å². The van der Waals surface area contributed by atoms with E-state index >= 15 is 4.39 Å². The Morgan fingerprint density at radius 2 is 1.53 bits per heavy atom. The van der Waals surface area contributed by atoms with E-state index in [2.05, 4.69) is 5.32 Å². The molecule has 4 rings (SSSR count). The molecule has 0 radical (unpaired) electrons. The number of aliphatic carboxylic acids is 1. The van der Waals surface area contributed by atoms with E-state index in [1.165, 1.54) is 24.8 Å². The second-order valence-electron chi connectivity index (χ2n) is 8.58. The summed E-state index contributed by atoms with van der Waals surface area (Å²) in [6.07, 6.45) is 1.53. The summed E-state index contributed by atoms with van der Waals surface area (Å²) in [5.74, 6) is -1.80. The predicted octanol–water partition coefficient (Wildman–Crippen LogP) is 5.99. The molecule has 0 heterocycles. The lowest BCUT2D eigenvalue weighted by Gasteiger charge is -2.22. The maximum atomic E-state index is 15.0. The number of carboxylic acids is 1. The third kappa shape index (κ3) is 6.18. The third-order valence-corrected chi connectivity index (χ3v) is 6.02. The monoisotopic (exact) mass is 513 g/mol. The van der Waals surface area contributed by atoms with Gasteiger partial charge in [-0.25, -0.2) is 9.18 Å². The number of ether oxygens (including phenoxy) is 2. The molecule has 0 saturated carbocycles. The highest BCUT2D eigenvalue weighted by atomic mass is 19.1. The van der Waals surface area contributed by atoms with Gasteiger partial charge < -0.3 is 19.9 Å². The summed E-state index contributed by atoms with van der Waals surface area (Å²) in [4.78, 5) is 24.9. The maximum absolute atomic E-state index is 15.0. The molecule has 194 valence electrons. The van der Waals surface area contributed by atoms with Crippen LogP contribution in [0.1, 0.15) is 22.3 Å². The number of hydrogen-bond donors (Lipinski definition) is 2. The van der Waals surface area contributed by atoms with Crippen LogP contribution in [-0.2, 0) is 11.2 Å². The van der Waals surface area contributed by atoms with E-state index in [4.69, 9.17) is 9.47 Å². The number of rotatable bonds is 11. The minimum absolute atomic E-state index is 0.112. The van der Waals surface area contributed by atoms with Gasteiger partial charge in [0.1, 0.15) is 17.3 Å². The van der Waals surface area contributed by atoms with Gasteiger partial charge in [-0.2, -0.15) is 0 Å². The maximum Gasteiger partial charge on any atom is 0.341 e. The Kier molecular flexibility index (Phi) is 8.72. The molecule has 4 aromatic carbocycles. The molecule has 0 aliphatic carbocycles. The van der Waals surface area contributed by atoms with E-state index in [9.17, 15) is 14.7 Å². The number of methoxy groups -OCH3 is 1. The van der Waals surface area contributed by atoms with Gasteiger partial charge in [-0.05, 0) is 36.1 Å². The number of aryl methyl sites for hydroxylation is 1. The van der Waals surface area contributed by atoms with E-state index in [1.54, 1.807) is 42.5 Å². The Balaban J connectivity index is 1.80. The van der Waals surface area contributed by atoms with E-state index in [1.807, 2.05) is 36.4 Å². The first-order valence-corrected chi connectivity index (χ1v) is 12.2. The fourth-order valence-electron chi connectivity index (χ4n) is 4.29. The van der Waals surface area contributed by atoms with Crippen molar-refractivity contribution in [3.63, 3.8) is 0 Å². The first kappa shape index (κ1) is 26.4. The van der Waals surface area contributed by atoms with Crippen molar-refractivity contribution in [1.82, 2.24) is 5.32 Å². The third-order valence-electron chi connectivity index (χ3n) is 6.02. The zero-order valence-corrected chi connectivity index (χ0v) is 20.9. The van der Waals surface area contributed by atoms with Crippen LogP contribution in [0.15, 0.2) is 91.0 Å². The minimum Gasteiger partial charge on any atom is -0.495 e. The van der Waals surface area contributed by atoms with E-state index in [-0.39, 0.29) is 28.2 Å². The summed E-state index contributed by atoms with van der Waals surface area (Å²) in [5, 5.41) is 12.3. The van der Waals surface area contributed by atoms with Gasteiger partial charge >= 0.3 is 5.97 Å². The molecule has 0 aliphatic rings. The molecular weight excluding hydrogens is 485 g/mol. The minimum atomic E-state index is -1.19. The van der Waals surface area contributed by atoms with Crippen LogP contribution in [0.25, 0.3) is 22.3 Å².